The Hall–Kier alpha value is 0.0500. The number of rotatable bonds is 1. The second-order valence-corrected chi connectivity index (χ2v) is 0.959. The van der Waals surface area contributed by atoms with E-state index in [-0.39, 0.29) is 0 Å². The molecule has 2 N–H and O–H groups in total. The molecule has 0 aromatic rings. The maximum absolute atomic E-state index is 4.95. The third-order valence-corrected chi connectivity index (χ3v) is 0.387. The zero-order chi connectivity index (χ0) is 5.41. The number of thiol groups is 1. The molecule has 0 fully saturated rings. The summed E-state index contributed by atoms with van der Waals surface area (Å²) in [5.74, 6) is 0.792. The summed E-state index contributed by atoms with van der Waals surface area (Å²) in [6.45, 7) is 6.68. The zero-order valence-electron chi connectivity index (χ0n) is 3.85. The van der Waals surface area contributed by atoms with Crippen molar-refractivity contribution in [1.82, 2.24) is 0 Å². The van der Waals surface area contributed by atoms with Gasteiger partial charge >= 0.3 is 0 Å². The van der Waals surface area contributed by atoms with Crippen LogP contribution in [0.5, 0.6) is 0 Å². The van der Waals surface area contributed by atoms with Crippen LogP contribution in [0.1, 0.15) is 0 Å². The molecule has 6 heavy (non-hydrogen) atoms. The topological polar surface area (TPSA) is 26.0 Å². The van der Waals surface area contributed by atoms with Gasteiger partial charge in [0, 0.05) is 12.3 Å². The summed E-state index contributed by atoms with van der Waals surface area (Å²) in [6.07, 6.45) is 0. The summed E-state index contributed by atoms with van der Waals surface area (Å²) in [5, 5.41) is 0. The van der Waals surface area contributed by atoms with Crippen molar-refractivity contribution < 1.29 is 0 Å². The van der Waals surface area contributed by atoms with Crippen LogP contribution in [0, 0.1) is 0 Å². The lowest BCUT2D eigenvalue weighted by Gasteiger charge is -1.69. The molecule has 0 bridgehead atoms. The minimum atomic E-state index is 0.684. The van der Waals surface area contributed by atoms with Gasteiger partial charge in [-0.3, -0.25) is 0 Å². The molecule has 0 rings (SSSR count). The molecule has 0 aliphatic heterocycles. The zero-order valence-corrected chi connectivity index (χ0v) is 4.75. The van der Waals surface area contributed by atoms with Crippen molar-refractivity contribution in [3.8, 4) is 0 Å². The van der Waals surface area contributed by atoms with Crippen molar-refractivity contribution >= 4 is 12.6 Å². The molecule has 38 valence electrons. The molecule has 0 aliphatic carbocycles. The maximum atomic E-state index is 4.95. The maximum Gasteiger partial charge on any atom is 0.00255 e. The van der Waals surface area contributed by atoms with Crippen LogP contribution in [0.15, 0.2) is 13.2 Å². The van der Waals surface area contributed by atoms with Crippen molar-refractivity contribution in [2.24, 2.45) is 5.73 Å². The van der Waals surface area contributed by atoms with Crippen LogP contribution >= 0.6 is 12.6 Å². The number of nitrogens with two attached hydrogens (primary N) is 1. The van der Waals surface area contributed by atoms with Gasteiger partial charge in [0.1, 0.15) is 0 Å². The molecule has 2 heteroatoms. The molecule has 0 radical (unpaired) electrons. The van der Waals surface area contributed by atoms with Crippen molar-refractivity contribution in [3.05, 3.63) is 13.2 Å². The van der Waals surface area contributed by atoms with Gasteiger partial charge in [0.25, 0.3) is 0 Å². The van der Waals surface area contributed by atoms with Crippen LogP contribution in [0.25, 0.3) is 0 Å². The molecular formula is C4H11NS. The fourth-order valence-corrected chi connectivity index (χ4v) is 0. The minimum absolute atomic E-state index is 0.684. The first-order chi connectivity index (χ1) is 2.91. The third kappa shape index (κ3) is 34.2. The molecular weight excluding hydrogens is 94.1 g/mol. The smallest absolute Gasteiger partial charge is 0.00255 e. The van der Waals surface area contributed by atoms with Gasteiger partial charge in [-0.2, -0.15) is 12.6 Å². The first-order valence-electron chi connectivity index (χ1n) is 1.72. The van der Waals surface area contributed by atoms with Gasteiger partial charge < -0.3 is 5.73 Å². The highest BCUT2D eigenvalue weighted by Crippen LogP contribution is 1.58. The van der Waals surface area contributed by atoms with Crippen LogP contribution in [-0.4, -0.2) is 12.3 Å². The van der Waals surface area contributed by atoms with E-state index in [1.807, 2.05) is 0 Å². The molecule has 0 saturated carbocycles. The second-order valence-electron chi connectivity index (χ2n) is 0.512. The molecule has 0 atom stereocenters. The Bertz CT molecular complexity index is 15.0. The molecule has 0 unspecified atom stereocenters. The van der Waals surface area contributed by atoms with E-state index in [1.165, 1.54) is 0 Å². The van der Waals surface area contributed by atoms with Crippen LogP contribution in [0.4, 0.5) is 0 Å². The molecule has 0 saturated heterocycles. The summed E-state index contributed by atoms with van der Waals surface area (Å²) in [6, 6.07) is 0. The lowest BCUT2D eigenvalue weighted by molar-refractivity contribution is 1.16. The van der Waals surface area contributed by atoms with Crippen molar-refractivity contribution in [2.45, 2.75) is 0 Å². The van der Waals surface area contributed by atoms with Crippen LogP contribution < -0.4 is 5.73 Å². The van der Waals surface area contributed by atoms with Crippen molar-refractivity contribution in [2.75, 3.05) is 12.3 Å². The van der Waals surface area contributed by atoms with Gasteiger partial charge in [0.15, 0.2) is 0 Å². The lowest BCUT2D eigenvalue weighted by Crippen LogP contribution is -1.97. The Morgan fingerprint density at radius 2 is 1.67 bits per heavy atom. The number of hydrogen-bond acceptors (Lipinski definition) is 2. The highest BCUT2D eigenvalue weighted by Gasteiger charge is 1.56. The molecule has 0 aromatic heterocycles. The fourth-order valence-electron chi connectivity index (χ4n) is 0. The highest BCUT2D eigenvalue weighted by atomic mass is 32.1. The Morgan fingerprint density at radius 1 is 1.50 bits per heavy atom. The van der Waals surface area contributed by atoms with Crippen LogP contribution in [0.2, 0.25) is 0 Å². The molecule has 1 nitrogen and oxygen atoms in total. The lowest BCUT2D eigenvalue weighted by atomic mass is 10.8. The van der Waals surface area contributed by atoms with Gasteiger partial charge in [-0.1, -0.05) is 0 Å². The predicted octanol–water partition coefficient (Wildman–Crippen LogP) is 0.677. The summed E-state index contributed by atoms with van der Waals surface area (Å²) in [5.41, 5.74) is 4.95. The third-order valence-electron chi connectivity index (χ3n) is 0.129. The summed E-state index contributed by atoms with van der Waals surface area (Å²) in [7, 11) is 0. The molecule has 0 heterocycles. The van der Waals surface area contributed by atoms with E-state index in [2.05, 4.69) is 25.8 Å². The largest absolute Gasteiger partial charge is 0.330 e. The Kier molecular flexibility index (Phi) is 30.9. The van der Waals surface area contributed by atoms with E-state index >= 15 is 0 Å². The first kappa shape index (κ1) is 9.41. The minimum Gasteiger partial charge on any atom is -0.330 e. The van der Waals surface area contributed by atoms with Gasteiger partial charge in [0.2, 0.25) is 0 Å². The van der Waals surface area contributed by atoms with Gasteiger partial charge in [-0.15, -0.1) is 13.2 Å². The molecule has 0 aromatic carbocycles. The van der Waals surface area contributed by atoms with Crippen molar-refractivity contribution in [1.29, 1.82) is 0 Å². The first-order valence-corrected chi connectivity index (χ1v) is 2.36. The second kappa shape index (κ2) is 19.7. The quantitative estimate of drug-likeness (QED) is 0.372. The van der Waals surface area contributed by atoms with Gasteiger partial charge in [-0.05, 0) is 0 Å². The monoisotopic (exact) mass is 105 g/mol. The van der Waals surface area contributed by atoms with E-state index in [1.54, 1.807) is 0 Å². The summed E-state index contributed by atoms with van der Waals surface area (Å²) < 4.78 is 0. The molecule has 0 amide bonds. The summed E-state index contributed by atoms with van der Waals surface area (Å²) in [4.78, 5) is 0. The molecule has 0 aliphatic rings. The van der Waals surface area contributed by atoms with E-state index in [4.69, 9.17) is 5.73 Å². The van der Waals surface area contributed by atoms with E-state index < -0.39 is 0 Å². The Labute approximate surface area is 44.6 Å². The SMILES string of the molecule is C=C.NCCS. The average molecular weight is 105 g/mol. The Morgan fingerprint density at radius 3 is 1.67 bits per heavy atom. The number of hydrogen-bond donors (Lipinski definition) is 2. The van der Waals surface area contributed by atoms with Gasteiger partial charge in [-0.25, -0.2) is 0 Å². The fraction of sp³-hybridized carbons (Fsp3) is 0.500. The van der Waals surface area contributed by atoms with Gasteiger partial charge in [0.05, 0.1) is 0 Å². The molecule has 0 spiro atoms. The standard InChI is InChI=1S/C2H7NS.C2H4/c3-1-2-4;1-2/h4H,1-3H2;1-2H2. The normalized spacial score (nSPS) is 5.67. The van der Waals surface area contributed by atoms with E-state index in [0.717, 1.165) is 5.75 Å². The van der Waals surface area contributed by atoms with Crippen molar-refractivity contribution in [3.63, 3.8) is 0 Å². The van der Waals surface area contributed by atoms with Crippen LogP contribution in [0.3, 0.4) is 0 Å². The van der Waals surface area contributed by atoms with E-state index in [9.17, 15) is 0 Å². The average Bonchev–Trinajstić information content (AvgIpc) is 1.72. The predicted molar refractivity (Wildman–Crippen MR) is 34.2 cm³/mol. The summed E-state index contributed by atoms with van der Waals surface area (Å²) >= 11 is 3.80. The highest BCUT2D eigenvalue weighted by molar-refractivity contribution is 7.80. The Balaban J connectivity index is 0. The van der Waals surface area contributed by atoms with E-state index in [0.29, 0.717) is 6.54 Å². The van der Waals surface area contributed by atoms with Crippen LogP contribution in [-0.2, 0) is 0 Å².